The summed E-state index contributed by atoms with van der Waals surface area (Å²) in [5.41, 5.74) is 3.02. The van der Waals surface area contributed by atoms with Crippen molar-refractivity contribution in [2.75, 3.05) is 5.32 Å². The van der Waals surface area contributed by atoms with Crippen molar-refractivity contribution in [1.29, 1.82) is 0 Å². The first-order chi connectivity index (χ1) is 14.0. The number of benzene rings is 2. The van der Waals surface area contributed by atoms with Crippen LogP contribution in [0.4, 0.5) is 14.5 Å². The zero-order valence-electron chi connectivity index (χ0n) is 15.5. The van der Waals surface area contributed by atoms with Crippen molar-refractivity contribution in [2.24, 2.45) is 0 Å². The monoisotopic (exact) mass is 393 g/mol. The maximum atomic E-state index is 13.3. The van der Waals surface area contributed by atoms with E-state index in [0.717, 1.165) is 35.1 Å². The van der Waals surface area contributed by atoms with Gasteiger partial charge in [-0.15, -0.1) is 0 Å². The molecule has 29 heavy (non-hydrogen) atoms. The molecule has 2 aromatic carbocycles. The van der Waals surface area contributed by atoms with Gasteiger partial charge < -0.3 is 14.5 Å². The number of halogens is 2. The number of pyridine rings is 1. The van der Waals surface area contributed by atoms with Crippen molar-refractivity contribution in [3.05, 3.63) is 95.4 Å². The van der Waals surface area contributed by atoms with Gasteiger partial charge in [-0.1, -0.05) is 12.1 Å². The van der Waals surface area contributed by atoms with Crippen LogP contribution in [0.1, 0.15) is 21.6 Å². The molecule has 0 aliphatic rings. The molecule has 4 rings (SSSR count). The number of aromatic nitrogens is 2. The Labute approximate surface area is 165 Å². The third-order valence-electron chi connectivity index (χ3n) is 4.33. The van der Waals surface area contributed by atoms with E-state index in [-0.39, 0.29) is 12.3 Å². The highest BCUT2D eigenvalue weighted by Crippen LogP contribution is 2.19. The molecule has 7 heteroatoms. The zero-order chi connectivity index (χ0) is 20.4. The van der Waals surface area contributed by atoms with Gasteiger partial charge >= 0.3 is 0 Å². The van der Waals surface area contributed by atoms with Gasteiger partial charge in [-0.25, -0.2) is 13.8 Å². The predicted molar refractivity (Wildman–Crippen MR) is 105 cm³/mol. The van der Waals surface area contributed by atoms with Crippen molar-refractivity contribution in [3.8, 4) is 5.75 Å². The Morgan fingerprint density at radius 1 is 1.10 bits per heavy atom. The summed E-state index contributed by atoms with van der Waals surface area (Å²) in [4.78, 5) is 16.9. The standard InChI is InChI=1S/C22H17F2N3O2/c1-14-4-3-7-27-12-19(25-21(14)27)13-29-20-6-2-5-15(8-20)22(28)26-18-10-16(23)9-17(24)11-18/h2-12H,13H2,1H3,(H,26,28). The van der Waals surface area contributed by atoms with Gasteiger partial charge in [0, 0.05) is 29.7 Å². The number of rotatable bonds is 5. The molecule has 2 aromatic heterocycles. The summed E-state index contributed by atoms with van der Waals surface area (Å²) in [6, 6.07) is 13.3. The molecule has 1 N–H and O–H groups in total. The number of anilines is 1. The Balaban J connectivity index is 1.46. The van der Waals surface area contributed by atoms with Crippen molar-refractivity contribution in [2.45, 2.75) is 13.5 Å². The topological polar surface area (TPSA) is 55.6 Å². The molecule has 0 fully saturated rings. The van der Waals surface area contributed by atoms with E-state index in [1.165, 1.54) is 0 Å². The number of amides is 1. The van der Waals surface area contributed by atoms with Gasteiger partial charge in [0.2, 0.25) is 0 Å². The summed E-state index contributed by atoms with van der Waals surface area (Å²) in [5, 5.41) is 2.47. The normalized spacial score (nSPS) is 10.9. The fourth-order valence-corrected chi connectivity index (χ4v) is 2.99. The molecule has 4 aromatic rings. The first-order valence-corrected chi connectivity index (χ1v) is 8.91. The number of ether oxygens (including phenoxy) is 1. The number of nitrogens with one attached hydrogen (secondary N) is 1. The lowest BCUT2D eigenvalue weighted by atomic mass is 10.2. The van der Waals surface area contributed by atoms with Crippen LogP contribution in [0, 0.1) is 18.6 Å². The molecule has 0 bridgehead atoms. The van der Waals surface area contributed by atoms with Crippen LogP contribution < -0.4 is 10.1 Å². The van der Waals surface area contributed by atoms with Gasteiger partial charge in [0.05, 0.1) is 5.69 Å². The molecule has 0 saturated heterocycles. The first kappa shape index (κ1) is 18.6. The molecule has 0 unspecified atom stereocenters. The number of nitrogens with zero attached hydrogens (tertiary/aromatic N) is 2. The number of imidazole rings is 1. The van der Waals surface area contributed by atoms with Crippen LogP contribution in [0.25, 0.3) is 5.65 Å². The molecule has 1 amide bonds. The van der Waals surface area contributed by atoms with Gasteiger partial charge in [-0.3, -0.25) is 4.79 Å². The fourth-order valence-electron chi connectivity index (χ4n) is 2.99. The first-order valence-electron chi connectivity index (χ1n) is 8.91. The number of carbonyl (C=O) groups is 1. The summed E-state index contributed by atoms with van der Waals surface area (Å²) in [6.07, 6.45) is 3.80. The quantitative estimate of drug-likeness (QED) is 0.532. The second kappa shape index (κ2) is 7.71. The van der Waals surface area contributed by atoms with E-state index in [0.29, 0.717) is 11.3 Å². The molecule has 5 nitrogen and oxygen atoms in total. The minimum absolute atomic E-state index is 0.0406. The SMILES string of the molecule is Cc1cccn2cc(COc3cccc(C(=O)Nc4cc(F)cc(F)c4)c3)nc12. The number of carbonyl (C=O) groups excluding carboxylic acids is 1. The largest absolute Gasteiger partial charge is 0.487 e. The second-order valence-corrected chi connectivity index (χ2v) is 6.58. The van der Waals surface area contributed by atoms with Crippen molar-refractivity contribution < 1.29 is 18.3 Å². The molecule has 146 valence electrons. The highest BCUT2D eigenvalue weighted by molar-refractivity contribution is 6.04. The predicted octanol–water partition coefficient (Wildman–Crippen LogP) is 4.75. The van der Waals surface area contributed by atoms with Gasteiger partial charge in [-0.05, 0) is 48.9 Å². The molecule has 0 aliphatic carbocycles. The number of fused-ring (bicyclic) bond motifs is 1. The molecule has 2 heterocycles. The summed E-state index contributed by atoms with van der Waals surface area (Å²) in [5.74, 6) is -1.54. The smallest absolute Gasteiger partial charge is 0.255 e. The van der Waals surface area contributed by atoms with Gasteiger partial charge in [0.1, 0.15) is 29.6 Å². The van der Waals surface area contributed by atoms with Crippen molar-refractivity contribution in [1.82, 2.24) is 9.38 Å². The Bertz CT molecular complexity index is 1180. The Morgan fingerprint density at radius 2 is 1.90 bits per heavy atom. The summed E-state index contributed by atoms with van der Waals surface area (Å²) >= 11 is 0. The molecular formula is C22H17F2N3O2. The van der Waals surface area contributed by atoms with Gasteiger partial charge in [0.15, 0.2) is 0 Å². The molecule has 0 spiro atoms. The summed E-state index contributed by atoms with van der Waals surface area (Å²) < 4.78 is 34.3. The Morgan fingerprint density at radius 3 is 2.66 bits per heavy atom. The van der Waals surface area contributed by atoms with E-state index in [1.807, 2.05) is 35.9 Å². The lowest BCUT2D eigenvalue weighted by molar-refractivity contribution is 0.102. The van der Waals surface area contributed by atoms with Gasteiger partial charge in [0.25, 0.3) is 5.91 Å². The van der Waals surface area contributed by atoms with E-state index >= 15 is 0 Å². The van der Waals surface area contributed by atoms with Gasteiger partial charge in [-0.2, -0.15) is 0 Å². The van der Waals surface area contributed by atoms with E-state index in [9.17, 15) is 13.6 Å². The molecular weight excluding hydrogens is 376 g/mol. The minimum atomic E-state index is -0.764. The van der Waals surface area contributed by atoms with E-state index in [4.69, 9.17) is 4.74 Å². The van der Waals surface area contributed by atoms with Crippen molar-refractivity contribution in [3.63, 3.8) is 0 Å². The van der Waals surface area contributed by atoms with Crippen LogP contribution in [0.3, 0.4) is 0 Å². The molecule has 0 radical (unpaired) electrons. The van der Waals surface area contributed by atoms with E-state index in [1.54, 1.807) is 24.3 Å². The third kappa shape index (κ3) is 4.24. The summed E-state index contributed by atoms with van der Waals surface area (Å²) in [7, 11) is 0. The average Bonchev–Trinajstić information content (AvgIpc) is 3.10. The number of hydrogen-bond acceptors (Lipinski definition) is 3. The minimum Gasteiger partial charge on any atom is -0.487 e. The number of aryl methyl sites for hydroxylation is 1. The van der Waals surface area contributed by atoms with Crippen LogP contribution in [-0.2, 0) is 6.61 Å². The van der Waals surface area contributed by atoms with Crippen molar-refractivity contribution >= 4 is 17.2 Å². The maximum Gasteiger partial charge on any atom is 0.255 e. The highest BCUT2D eigenvalue weighted by atomic mass is 19.1. The Kier molecular flexibility index (Phi) is 4.95. The third-order valence-corrected chi connectivity index (χ3v) is 4.33. The molecule has 0 aliphatic heterocycles. The molecule has 0 saturated carbocycles. The Hall–Kier alpha value is -3.74. The van der Waals surface area contributed by atoms with Crippen LogP contribution in [0.15, 0.2) is 67.0 Å². The number of hydrogen-bond donors (Lipinski definition) is 1. The lowest BCUT2D eigenvalue weighted by Crippen LogP contribution is -2.12. The second-order valence-electron chi connectivity index (χ2n) is 6.58. The van der Waals surface area contributed by atoms with Crippen LogP contribution in [0.2, 0.25) is 0 Å². The fraction of sp³-hybridized carbons (Fsp3) is 0.0909. The average molecular weight is 393 g/mol. The zero-order valence-corrected chi connectivity index (χ0v) is 15.5. The molecule has 0 atom stereocenters. The summed E-state index contributed by atoms with van der Waals surface area (Å²) in [6.45, 7) is 2.22. The maximum absolute atomic E-state index is 13.3. The lowest BCUT2D eigenvalue weighted by Gasteiger charge is -2.08. The van der Waals surface area contributed by atoms with Crippen LogP contribution in [0.5, 0.6) is 5.75 Å². The highest BCUT2D eigenvalue weighted by Gasteiger charge is 2.10. The van der Waals surface area contributed by atoms with E-state index < -0.39 is 17.5 Å². The van der Waals surface area contributed by atoms with E-state index in [2.05, 4.69) is 10.3 Å². The van der Waals surface area contributed by atoms with Crippen LogP contribution in [-0.4, -0.2) is 15.3 Å². The van der Waals surface area contributed by atoms with Crippen LogP contribution >= 0.6 is 0 Å².